The molecule has 1 fully saturated rings. The summed E-state index contributed by atoms with van der Waals surface area (Å²) in [6.07, 6.45) is 3.08. The summed E-state index contributed by atoms with van der Waals surface area (Å²) in [7, 11) is 0. The molecular weight excluding hydrogens is 370 g/mol. The number of rotatable bonds is 6. The molecule has 1 aromatic carbocycles. The van der Waals surface area contributed by atoms with Crippen molar-refractivity contribution in [3.63, 3.8) is 0 Å². The molecule has 0 unspecified atom stereocenters. The summed E-state index contributed by atoms with van der Waals surface area (Å²) in [5, 5.41) is 6.54. The van der Waals surface area contributed by atoms with Crippen molar-refractivity contribution in [3.05, 3.63) is 45.5 Å². The van der Waals surface area contributed by atoms with Crippen LogP contribution >= 0.6 is 22.9 Å². The van der Waals surface area contributed by atoms with Gasteiger partial charge in [0.15, 0.2) is 0 Å². The van der Waals surface area contributed by atoms with Crippen molar-refractivity contribution in [1.82, 2.24) is 15.3 Å². The van der Waals surface area contributed by atoms with Gasteiger partial charge in [-0.3, -0.25) is 4.79 Å². The quantitative estimate of drug-likeness (QED) is 0.644. The Bertz CT molecular complexity index is 932. The average molecular weight is 390 g/mol. The molecule has 1 aliphatic carbocycles. The average Bonchev–Trinajstić information content (AvgIpc) is 3.24. The van der Waals surface area contributed by atoms with E-state index in [1.807, 2.05) is 30.5 Å². The number of carbonyl (C=O) groups excluding carboxylic acids is 1. The van der Waals surface area contributed by atoms with E-state index in [1.54, 1.807) is 5.51 Å². The highest BCUT2D eigenvalue weighted by molar-refractivity contribution is 7.07. The zero-order chi connectivity index (χ0) is 18.1. The van der Waals surface area contributed by atoms with Gasteiger partial charge in [0, 0.05) is 33.5 Å². The van der Waals surface area contributed by atoms with E-state index in [4.69, 9.17) is 16.3 Å². The zero-order valence-corrected chi connectivity index (χ0v) is 16.0. The second kappa shape index (κ2) is 6.93. The highest BCUT2D eigenvalue weighted by Crippen LogP contribution is 2.40. The first-order chi connectivity index (χ1) is 12.5. The van der Waals surface area contributed by atoms with Crippen LogP contribution in [0.4, 0.5) is 0 Å². The first kappa shape index (κ1) is 17.4. The van der Waals surface area contributed by atoms with Crippen molar-refractivity contribution in [2.45, 2.75) is 39.3 Å². The fourth-order valence-corrected chi connectivity index (χ4v) is 3.95. The fraction of sp³-hybridized carbons (Fsp3) is 0.368. The van der Waals surface area contributed by atoms with Gasteiger partial charge in [-0.2, -0.15) is 0 Å². The van der Waals surface area contributed by atoms with Crippen molar-refractivity contribution < 1.29 is 9.53 Å². The van der Waals surface area contributed by atoms with Gasteiger partial charge in [0.2, 0.25) is 5.91 Å². The number of amides is 1. The van der Waals surface area contributed by atoms with E-state index >= 15 is 0 Å². The van der Waals surface area contributed by atoms with Crippen molar-refractivity contribution in [1.29, 1.82) is 0 Å². The third-order valence-corrected chi connectivity index (χ3v) is 5.96. The number of thiazole rings is 1. The van der Waals surface area contributed by atoms with Crippen LogP contribution in [0.15, 0.2) is 29.1 Å². The van der Waals surface area contributed by atoms with E-state index < -0.39 is 0 Å². The summed E-state index contributed by atoms with van der Waals surface area (Å²) in [6, 6.07) is 5.78. The zero-order valence-electron chi connectivity index (χ0n) is 14.5. The largest absolute Gasteiger partial charge is 0.486 e. The minimum Gasteiger partial charge on any atom is -0.486 e. The van der Waals surface area contributed by atoms with E-state index in [9.17, 15) is 4.79 Å². The molecule has 0 spiro atoms. The lowest BCUT2D eigenvalue weighted by Gasteiger charge is -2.36. The molecule has 26 heavy (non-hydrogen) atoms. The summed E-state index contributed by atoms with van der Waals surface area (Å²) in [5.41, 5.74) is 4.35. The van der Waals surface area contributed by atoms with Gasteiger partial charge >= 0.3 is 0 Å². The summed E-state index contributed by atoms with van der Waals surface area (Å²) in [5.74, 6) is 0.749. The number of aromatic nitrogens is 2. The molecule has 7 heteroatoms. The number of halogens is 1. The molecule has 0 bridgehead atoms. The highest BCUT2D eigenvalue weighted by atomic mass is 35.5. The van der Waals surface area contributed by atoms with Crippen molar-refractivity contribution in [2.24, 2.45) is 5.41 Å². The molecule has 1 amide bonds. The van der Waals surface area contributed by atoms with Crippen LogP contribution in [0.2, 0.25) is 5.02 Å². The van der Waals surface area contributed by atoms with E-state index in [2.05, 4.69) is 15.3 Å². The van der Waals surface area contributed by atoms with Gasteiger partial charge in [0.1, 0.15) is 12.4 Å². The normalized spacial score (nSPS) is 15.6. The first-order valence-electron chi connectivity index (χ1n) is 8.63. The minimum atomic E-state index is -0.188. The molecule has 0 aliphatic heterocycles. The second-order valence-corrected chi connectivity index (χ2v) is 8.16. The molecule has 1 aliphatic rings. The molecule has 2 heterocycles. The maximum atomic E-state index is 12.3. The number of hydrogen-bond acceptors (Lipinski definition) is 4. The maximum Gasteiger partial charge on any atom is 0.226 e. The van der Waals surface area contributed by atoms with Crippen LogP contribution in [0.5, 0.6) is 5.75 Å². The van der Waals surface area contributed by atoms with Crippen LogP contribution in [0.1, 0.15) is 37.6 Å². The number of fused-ring (bicyclic) bond motifs is 1. The van der Waals surface area contributed by atoms with Gasteiger partial charge in [-0.05, 0) is 25.0 Å². The number of nitrogens with one attached hydrogen (secondary N) is 2. The summed E-state index contributed by atoms with van der Waals surface area (Å²) in [4.78, 5) is 19.8. The molecule has 136 valence electrons. The maximum absolute atomic E-state index is 12.3. The summed E-state index contributed by atoms with van der Waals surface area (Å²) >= 11 is 7.88. The monoisotopic (exact) mass is 389 g/mol. The van der Waals surface area contributed by atoms with Crippen LogP contribution < -0.4 is 10.1 Å². The predicted octanol–water partition coefficient (Wildman–Crippen LogP) is 4.66. The number of nitrogens with zero attached hydrogens (tertiary/aromatic N) is 1. The number of carbonyl (C=O) groups is 1. The molecule has 2 N–H and O–H groups in total. The standard InChI is InChI=1S/C19H20ClN3O2S/c1-19(3-2-4-19)18(24)21-8-13-5-12-6-15(20)17(7-16(12)23-13)25-9-14-10-26-11-22-14/h5-7,10-11,23H,2-4,8-9H2,1H3,(H,21,24). The van der Waals surface area contributed by atoms with Gasteiger partial charge in [0.25, 0.3) is 0 Å². The topological polar surface area (TPSA) is 67.0 Å². The van der Waals surface area contributed by atoms with Crippen molar-refractivity contribution in [3.8, 4) is 5.75 Å². The Morgan fingerprint density at radius 1 is 1.42 bits per heavy atom. The van der Waals surface area contributed by atoms with E-state index in [0.717, 1.165) is 41.6 Å². The Morgan fingerprint density at radius 3 is 2.96 bits per heavy atom. The minimum absolute atomic E-state index is 0.132. The molecule has 3 aromatic rings. The first-order valence-corrected chi connectivity index (χ1v) is 9.95. The number of benzene rings is 1. The SMILES string of the molecule is CC1(C(=O)NCc2cc3cc(Cl)c(OCc4cscn4)cc3[nH]2)CCC1. The van der Waals surface area contributed by atoms with Gasteiger partial charge in [-0.1, -0.05) is 24.9 Å². The molecule has 4 rings (SSSR count). The Balaban J connectivity index is 1.45. The number of aromatic amines is 1. The summed E-state index contributed by atoms with van der Waals surface area (Å²) < 4.78 is 5.79. The molecule has 1 saturated carbocycles. The molecule has 0 radical (unpaired) electrons. The lowest BCUT2D eigenvalue weighted by atomic mass is 9.70. The van der Waals surface area contributed by atoms with Crippen LogP contribution in [0.25, 0.3) is 10.9 Å². The third-order valence-electron chi connectivity index (χ3n) is 5.03. The Labute approximate surface area is 160 Å². The molecule has 5 nitrogen and oxygen atoms in total. The van der Waals surface area contributed by atoms with Crippen LogP contribution in [0, 0.1) is 5.41 Å². The Kier molecular flexibility index (Phi) is 4.63. The summed E-state index contributed by atoms with van der Waals surface area (Å²) in [6.45, 7) is 2.90. The number of ether oxygens (including phenoxy) is 1. The van der Waals surface area contributed by atoms with Crippen LogP contribution in [-0.2, 0) is 17.9 Å². The van der Waals surface area contributed by atoms with E-state index in [-0.39, 0.29) is 11.3 Å². The van der Waals surface area contributed by atoms with Crippen LogP contribution in [0.3, 0.4) is 0 Å². The second-order valence-electron chi connectivity index (χ2n) is 7.03. The lowest BCUT2D eigenvalue weighted by molar-refractivity contribution is -0.134. The van der Waals surface area contributed by atoms with Gasteiger partial charge in [0.05, 0.1) is 22.8 Å². The molecule has 0 saturated heterocycles. The number of H-pyrrole nitrogens is 1. The molecule has 0 atom stereocenters. The molecular formula is C19H20ClN3O2S. The Morgan fingerprint density at radius 2 is 2.27 bits per heavy atom. The molecule has 2 aromatic heterocycles. The van der Waals surface area contributed by atoms with Gasteiger partial charge < -0.3 is 15.0 Å². The van der Waals surface area contributed by atoms with E-state index in [0.29, 0.717) is 23.9 Å². The van der Waals surface area contributed by atoms with Gasteiger partial charge in [-0.15, -0.1) is 11.3 Å². The third kappa shape index (κ3) is 3.44. The predicted molar refractivity (Wildman–Crippen MR) is 104 cm³/mol. The smallest absolute Gasteiger partial charge is 0.226 e. The van der Waals surface area contributed by atoms with Crippen molar-refractivity contribution in [2.75, 3.05) is 0 Å². The Hall–Kier alpha value is -2.05. The van der Waals surface area contributed by atoms with Crippen LogP contribution in [-0.4, -0.2) is 15.9 Å². The lowest BCUT2D eigenvalue weighted by Crippen LogP contribution is -2.43. The van der Waals surface area contributed by atoms with Gasteiger partial charge in [-0.25, -0.2) is 4.98 Å². The number of hydrogen-bond donors (Lipinski definition) is 2. The fourth-order valence-electron chi connectivity index (χ4n) is 3.18. The highest BCUT2D eigenvalue weighted by Gasteiger charge is 2.38. The van der Waals surface area contributed by atoms with E-state index in [1.165, 1.54) is 11.3 Å². The van der Waals surface area contributed by atoms with Crippen molar-refractivity contribution >= 4 is 39.7 Å².